The van der Waals surface area contributed by atoms with Gasteiger partial charge in [-0.3, -0.25) is 4.90 Å². The van der Waals surface area contributed by atoms with Crippen LogP contribution in [0.4, 0.5) is 0 Å². The Bertz CT molecular complexity index is 584. The number of nitrogens with one attached hydrogen (secondary N) is 1. The number of benzene rings is 1. The summed E-state index contributed by atoms with van der Waals surface area (Å²) in [4.78, 5) is 8.19. The highest BCUT2D eigenvalue weighted by molar-refractivity contribution is 7.11. The van der Waals surface area contributed by atoms with Crippen LogP contribution in [0.15, 0.2) is 30.5 Å². The van der Waals surface area contributed by atoms with E-state index in [0.717, 1.165) is 36.2 Å². The molecule has 1 aliphatic rings. The van der Waals surface area contributed by atoms with Crippen LogP contribution in [-0.2, 0) is 6.54 Å². The first kappa shape index (κ1) is 14.0. The van der Waals surface area contributed by atoms with Crippen molar-refractivity contribution >= 4 is 22.9 Å². The number of hydrogen-bond acceptors (Lipinski definition) is 4. The molecule has 20 heavy (non-hydrogen) atoms. The zero-order valence-corrected chi connectivity index (χ0v) is 13.0. The molecule has 0 amide bonds. The maximum atomic E-state index is 6.13. The largest absolute Gasteiger partial charge is 0.314 e. The Morgan fingerprint density at radius 2 is 2.40 bits per heavy atom. The molecule has 1 unspecified atom stereocenters. The predicted molar refractivity (Wildman–Crippen MR) is 84.3 cm³/mol. The van der Waals surface area contributed by atoms with E-state index in [4.69, 9.17) is 11.6 Å². The topological polar surface area (TPSA) is 28.2 Å². The molecule has 5 heteroatoms. The summed E-state index contributed by atoms with van der Waals surface area (Å²) in [6.45, 7) is 6.08. The van der Waals surface area contributed by atoms with Gasteiger partial charge in [-0.15, -0.1) is 11.3 Å². The van der Waals surface area contributed by atoms with Gasteiger partial charge in [0, 0.05) is 48.3 Å². The van der Waals surface area contributed by atoms with E-state index in [0.29, 0.717) is 6.04 Å². The van der Waals surface area contributed by atoms with Crippen molar-refractivity contribution in [3.05, 3.63) is 50.9 Å². The van der Waals surface area contributed by atoms with Gasteiger partial charge in [0.1, 0.15) is 0 Å². The zero-order valence-electron chi connectivity index (χ0n) is 11.5. The number of rotatable bonds is 3. The van der Waals surface area contributed by atoms with Crippen molar-refractivity contribution < 1.29 is 0 Å². The summed E-state index contributed by atoms with van der Waals surface area (Å²) in [7, 11) is 0. The molecule has 0 aliphatic carbocycles. The van der Waals surface area contributed by atoms with Crippen LogP contribution in [0.1, 0.15) is 21.5 Å². The van der Waals surface area contributed by atoms with Crippen molar-refractivity contribution in [1.82, 2.24) is 15.2 Å². The molecule has 0 spiro atoms. The second-order valence-corrected chi connectivity index (χ2v) is 6.85. The van der Waals surface area contributed by atoms with Gasteiger partial charge in [-0.25, -0.2) is 4.98 Å². The van der Waals surface area contributed by atoms with Crippen LogP contribution in [0.5, 0.6) is 0 Å². The molecular weight excluding hydrogens is 290 g/mol. The fraction of sp³-hybridized carbons (Fsp3) is 0.400. The molecule has 2 heterocycles. The standard InChI is InChI=1S/C15H18ClN3S/c1-11-18-8-14(20-11)10-19-6-5-17-9-15(19)12-3-2-4-13(16)7-12/h2-4,7-8,15,17H,5-6,9-10H2,1H3. The van der Waals surface area contributed by atoms with Gasteiger partial charge in [-0.05, 0) is 24.6 Å². The molecule has 3 rings (SSSR count). The third-order valence-electron chi connectivity index (χ3n) is 3.62. The summed E-state index contributed by atoms with van der Waals surface area (Å²) in [6, 6.07) is 8.57. The molecule has 1 N–H and O–H groups in total. The molecule has 1 fully saturated rings. The lowest BCUT2D eigenvalue weighted by Gasteiger charge is -2.36. The van der Waals surface area contributed by atoms with Gasteiger partial charge >= 0.3 is 0 Å². The maximum Gasteiger partial charge on any atom is 0.0897 e. The molecule has 106 valence electrons. The third kappa shape index (κ3) is 3.20. The van der Waals surface area contributed by atoms with Gasteiger partial charge in [-0.1, -0.05) is 23.7 Å². The lowest BCUT2D eigenvalue weighted by molar-refractivity contribution is 0.155. The minimum absolute atomic E-state index is 0.379. The fourth-order valence-corrected chi connectivity index (χ4v) is 3.68. The highest BCUT2D eigenvalue weighted by Gasteiger charge is 2.24. The van der Waals surface area contributed by atoms with E-state index in [2.05, 4.69) is 34.3 Å². The van der Waals surface area contributed by atoms with E-state index in [1.807, 2.05) is 18.3 Å². The van der Waals surface area contributed by atoms with Gasteiger partial charge in [0.15, 0.2) is 0 Å². The van der Waals surface area contributed by atoms with Crippen LogP contribution in [0.2, 0.25) is 5.02 Å². The van der Waals surface area contributed by atoms with Gasteiger partial charge in [-0.2, -0.15) is 0 Å². The summed E-state index contributed by atoms with van der Waals surface area (Å²) < 4.78 is 0. The Morgan fingerprint density at radius 3 is 3.15 bits per heavy atom. The number of aromatic nitrogens is 1. The predicted octanol–water partition coefficient (Wildman–Crippen LogP) is 3.25. The van der Waals surface area contributed by atoms with Gasteiger partial charge in [0.25, 0.3) is 0 Å². The fourth-order valence-electron chi connectivity index (χ4n) is 2.66. The monoisotopic (exact) mass is 307 g/mol. The first-order valence-electron chi connectivity index (χ1n) is 6.84. The van der Waals surface area contributed by atoms with Crippen LogP contribution in [-0.4, -0.2) is 29.5 Å². The molecule has 1 aromatic heterocycles. The number of piperazine rings is 1. The summed E-state index contributed by atoms with van der Waals surface area (Å²) >= 11 is 7.91. The minimum atomic E-state index is 0.379. The first-order chi connectivity index (χ1) is 9.72. The van der Waals surface area contributed by atoms with Crippen molar-refractivity contribution in [1.29, 1.82) is 0 Å². The van der Waals surface area contributed by atoms with E-state index in [1.54, 1.807) is 11.3 Å². The maximum absolute atomic E-state index is 6.13. The number of thiazole rings is 1. The second-order valence-electron chi connectivity index (χ2n) is 5.09. The van der Waals surface area contributed by atoms with Crippen LogP contribution in [0.25, 0.3) is 0 Å². The summed E-state index contributed by atoms with van der Waals surface area (Å²) in [5.74, 6) is 0. The molecule has 1 aromatic carbocycles. The molecular formula is C15H18ClN3S. The van der Waals surface area contributed by atoms with Crippen molar-refractivity contribution in [2.75, 3.05) is 19.6 Å². The Morgan fingerprint density at radius 1 is 1.50 bits per heavy atom. The lowest BCUT2D eigenvalue weighted by atomic mass is 10.0. The number of halogens is 1. The minimum Gasteiger partial charge on any atom is -0.314 e. The second kappa shape index (κ2) is 6.22. The molecule has 0 saturated carbocycles. The Labute approximate surface area is 128 Å². The molecule has 1 aliphatic heterocycles. The van der Waals surface area contributed by atoms with Gasteiger partial charge < -0.3 is 5.32 Å². The third-order valence-corrected chi connectivity index (χ3v) is 4.75. The van der Waals surface area contributed by atoms with Crippen molar-refractivity contribution in [2.45, 2.75) is 19.5 Å². The number of hydrogen-bond donors (Lipinski definition) is 1. The van der Waals surface area contributed by atoms with Crippen LogP contribution >= 0.6 is 22.9 Å². The summed E-state index contributed by atoms with van der Waals surface area (Å²) in [5, 5.41) is 5.42. The van der Waals surface area contributed by atoms with E-state index in [-0.39, 0.29) is 0 Å². The molecule has 1 saturated heterocycles. The summed E-state index contributed by atoms with van der Waals surface area (Å²) in [6.07, 6.45) is 2.00. The molecule has 1 atom stereocenters. The lowest BCUT2D eigenvalue weighted by Crippen LogP contribution is -2.45. The average Bonchev–Trinajstić information content (AvgIpc) is 2.85. The molecule has 3 nitrogen and oxygen atoms in total. The van der Waals surface area contributed by atoms with Gasteiger partial charge in [0.2, 0.25) is 0 Å². The Hall–Kier alpha value is -0.940. The molecule has 0 radical (unpaired) electrons. The molecule has 2 aromatic rings. The van der Waals surface area contributed by atoms with E-state index in [1.165, 1.54) is 10.4 Å². The Kier molecular flexibility index (Phi) is 4.36. The van der Waals surface area contributed by atoms with Crippen molar-refractivity contribution in [3.63, 3.8) is 0 Å². The zero-order chi connectivity index (χ0) is 13.9. The average molecular weight is 308 g/mol. The van der Waals surface area contributed by atoms with E-state index >= 15 is 0 Å². The SMILES string of the molecule is Cc1ncc(CN2CCNCC2c2cccc(Cl)c2)s1. The van der Waals surface area contributed by atoms with Crippen LogP contribution in [0.3, 0.4) is 0 Å². The summed E-state index contributed by atoms with van der Waals surface area (Å²) in [5.41, 5.74) is 1.28. The van der Waals surface area contributed by atoms with Crippen LogP contribution < -0.4 is 5.32 Å². The van der Waals surface area contributed by atoms with Crippen LogP contribution in [0, 0.1) is 6.92 Å². The highest BCUT2D eigenvalue weighted by atomic mass is 35.5. The van der Waals surface area contributed by atoms with E-state index in [9.17, 15) is 0 Å². The quantitative estimate of drug-likeness (QED) is 0.943. The molecule has 0 bridgehead atoms. The van der Waals surface area contributed by atoms with E-state index < -0.39 is 0 Å². The first-order valence-corrected chi connectivity index (χ1v) is 8.03. The number of aryl methyl sites for hydroxylation is 1. The number of nitrogens with zero attached hydrogens (tertiary/aromatic N) is 2. The van der Waals surface area contributed by atoms with Crippen molar-refractivity contribution in [2.24, 2.45) is 0 Å². The van der Waals surface area contributed by atoms with Gasteiger partial charge in [0.05, 0.1) is 5.01 Å². The van der Waals surface area contributed by atoms with Crippen molar-refractivity contribution in [3.8, 4) is 0 Å². The highest BCUT2D eigenvalue weighted by Crippen LogP contribution is 2.27. The Balaban J connectivity index is 1.80. The normalized spacial score (nSPS) is 20.2. The smallest absolute Gasteiger partial charge is 0.0897 e.